The maximum atomic E-state index is 12.4. The topological polar surface area (TPSA) is 72.8 Å². The first-order valence-electron chi connectivity index (χ1n) is 33.0. The summed E-state index contributed by atoms with van der Waals surface area (Å²) in [5, 5.41) is 9.69. The minimum Gasteiger partial charge on any atom is -0.462 e. The summed E-state index contributed by atoms with van der Waals surface area (Å²) in [4.78, 5) is 24.6. The molecule has 0 aliphatic heterocycles. The van der Waals surface area contributed by atoms with Gasteiger partial charge in [0.2, 0.25) is 0 Å². The number of hydrogen-bond acceptors (Lipinski definition) is 5. The highest BCUT2D eigenvalue weighted by Gasteiger charge is 2.16. The predicted molar refractivity (Wildman–Crippen MR) is 352 cm³/mol. The molecule has 0 aromatic heterocycles. The number of hydrogen-bond donors (Lipinski definition) is 1. The van der Waals surface area contributed by atoms with Crippen LogP contribution in [0.25, 0.3) is 0 Å². The number of carbonyl (C=O) groups excluding carboxylic acids is 2. The van der Waals surface area contributed by atoms with Crippen LogP contribution in [0.2, 0.25) is 0 Å². The van der Waals surface area contributed by atoms with Gasteiger partial charge in [-0.25, -0.2) is 0 Å². The van der Waals surface area contributed by atoms with E-state index < -0.39 is 6.10 Å². The number of carbonyl (C=O) groups is 2. The van der Waals surface area contributed by atoms with Crippen LogP contribution in [0.5, 0.6) is 0 Å². The highest BCUT2D eigenvalue weighted by molar-refractivity contribution is 5.70. The lowest BCUT2D eigenvalue weighted by Gasteiger charge is -2.15. The zero-order valence-electron chi connectivity index (χ0n) is 51.8. The molecule has 1 unspecified atom stereocenters. The molecule has 0 aromatic rings. The SMILES string of the molecule is CC/C=C\C/C=C\C/C=C\C/C=C\C/C=C\C/C=C\C/C=C\C/C=C\CCCCCCCCCCCCCCCCC(=O)OC(CO)COC(=O)CCCCCCCCCCCCC/C=C\C/C=C\C/C=C\C/C=C\C/C=C\CC. The van der Waals surface area contributed by atoms with Crippen LogP contribution in [0.4, 0.5) is 0 Å². The summed E-state index contributed by atoms with van der Waals surface area (Å²) in [6.07, 6.45) is 105. The average Bonchev–Trinajstić information content (AvgIpc) is 3.46. The van der Waals surface area contributed by atoms with Crippen LogP contribution >= 0.6 is 0 Å². The van der Waals surface area contributed by atoms with Gasteiger partial charge in [0.15, 0.2) is 6.10 Å². The van der Waals surface area contributed by atoms with Gasteiger partial charge in [-0.05, 0) is 122 Å². The number of unbranched alkanes of at least 4 members (excludes halogenated alkanes) is 25. The first kappa shape index (κ1) is 75.5. The molecule has 80 heavy (non-hydrogen) atoms. The Morgan fingerprint density at radius 3 is 0.750 bits per heavy atom. The summed E-state index contributed by atoms with van der Waals surface area (Å²) in [5.74, 6) is -0.596. The van der Waals surface area contributed by atoms with Gasteiger partial charge in [0.05, 0.1) is 6.61 Å². The van der Waals surface area contributed by atoms with Crippen molar-refractivity contribution in [2.75, 3.05) is 13.2 Å². The van der Waals surface area contributed by atoms with E-state index >= 15 is 0 Å². The monoisotopic (exact) mass is 1100 g/mol. The minimum atomic E-state index is -0.785. The molecule has 1 N–H and O–H groups in total. The van der Waals surface area contributed by atoms with Crippen LogP contribution in [0.15, 0.2) is 158 Å². The molecule has 0 spiro atoms. The van der Waals surface area contributed by atoms with Crippen molar-refractivity contribution in [2.24, 2.45) is 0 Å². The molecule has 5 heteroatoms. The Labute approximate surface area is 494 Å². The average molecular weight is 1100 g/mol. The van der Waals surface area contributed by atoms with Crippen LogP contribution in [-0.4, -0.2) is 36.4 Å². The summed E-state index contributed by atoms with van der Waals surface area (Å²) in [6.45, 7) is 3.92. The van der Waals surface area contributed by atoms with Gasteiger partial charge in [0.1, 0.15) is 6.61 Å². The third kappa shape index (κ3) is 66.0. The molecular formula is C75H122O5. The molecule has 0 heterocycles. The Morgan fingerprint density at radius 1 is 0.287 bits per heavy atom. The maximum Gasteiger partial charge on any atom is 0.306 e. The molecule has 0 amide bonds. The lowest BCUT2D eigenvalue weighted by atomic mass is 10.0. The van der Waals surface area contributed by atoms with Crippen molar-refractivity contribution < 1.29 is 24.2 Å². The fourth-order valence-electron chi connectivity index (χ4n) is 8.95. The normalized spacial score (nSPS) is 13.3. The zero-order valence-corrected chi connectivity index (χ0v) is 51.8. The number of ether oxygens (including phenoxy) is 2. The van der Waals surface area contributed by atoms with E-state index in [-0.39, 0.29) is 25.2 Å². The van der Waals surface area contributed by atoms with Crippen molar-refractivity contribution >= 4 is 11.9 Å². The van der Waals surface area contributed by atoms with E-state index in [0.717, 1.165) is 122 Å². The first-order chi connectivity index (χ1) is 39.6. The highest BCUT2D eigenvalue weighted by atomic mass is 16.6. The second-order valence-electron chi connectivity index (χ2n) is 21.4. The molecule has 0 aliphatic carbocycles. The minimum absolute atomic E-state index is 0.0743. The Hall–Kier alpha value is -4.48. The van der Waals surface area contributed by atoms with E-state index in [1.54, 1.807) is 0 Å². The molecule has 0 bridgehead atoms. The number of esters is 2. The van der Waals surface area contributed by atoms with Crippen molar-refractivity contribution in [1.29, 1.82) is 0 Å². The van der Waals surface area contributed by atoms with E-state index in [4.69, 9.17) is 9.47 Å². The van der Waals surface area contributed by atoms with E-state index in [1.807, 2.05) is 0 Å². The van der Waals surface area contributed by atoms with Gasteiger partial charge in [-0.2, -0.15) is 0 Å². The van der Waals surface area contributed by atoms with Crippen molar-refractivity contribution in [3.05, 3.63) is 158 Å². The summed E-state index contributed by atoms with van der Waals surface area (Å²) in [5.41, 5.74) is 0. The smallest absolute Gasteiger partial charge is 0.306 e. The maximum absolute atomic E-state index is 12.4. The lowest BCUT2D eigenvalue weighted by Crippen LogP contribution is -2.28. The molecule has 452 valence electrons. The number of rotatable bonds is 59. The van der Waals surface area contributed by atoms with E-state index in [9.17, 15) is 14.7 Å². The van der Waals surface area contributed by atoms with Crippen LogP contribution in [0, 0.1) is 0 Å². The molecule has 0 saturated carbocycles. The molecule has 0 aromatic carbocycles. The van der Waals surface area contributed by atoms with E-state index in [1.165, 1.54) is 135 Å². The van der Waals surface area contributed by atoms with Gasteiger partial charge >= 0.3 is 11.9 Å². The lowest BCUT2D eigenvalue weighted by molar-refractivity contribution is -0.161. The largest absolute Gasteiger partial charge is 0.462 e. The molecule has 1 atom stereocenters. The highest BCUT2D eigenvalue weighted by Crippen LogP contribution is 2.16. The van der Waals surface area contributed by atoms with Gasteiger partial charge in [0, 0.05) is 12.8 Å². The Morgan fingerprint density at radius 2 is 0.500 bits per heavy atom. The van der Waals surface area contributed by atoms with Gasteiger partial charge in [-0.1, -0.05) is 307 Å². The third-order valence-electron chi connectivity index (χ3n) is 13.8. The molecule has 0 rings (SSSR count). The Kier molecular flexibility index (Phi) is 64.9. The molecular weight excluding hydrogens is 981 g/mol. The van der Waals surface area contributed by atoms with Gasteiger partial charge in [-0.15, -0.1) is 0 Å². The van der Waals surface area contributed by atoms with Crippen molar-refractivity contribution in [3.63, 3.8) is 0 Å². The van der Waals surface area contributed by atoms with Crippen LogP contribution in [0.1, 0.15) is 284 Å². The number of aliphatic hydroxyl groups is 1. The van der Waals surface area contributed by atoms with Crippen LogP contribution in [-0.2, 0) is 19.1 Å². The summed E-state index contributed by atoms with van der Waals surface area (Å²) < 4.78 is 10.7. The molecule has 0 saturated heterocycles. The van der Waals surface area contributed by atoms with Crippen LogP contribution < -0.4 is 0 Å². The standard InChI is InChI=1S/C75H122O5/c1-3-5-7-9-11-13-15-17-19-21-23-25-27-29-31-32-33-34-35-36-37-38-39-40-41-42-44-46-48-50-52-54-56-58-60-62-64-66-68-70-75(78)80-73(71-76)72-79-74(77)69-67-65-63-61-59-57-55-53-51-49-47-45-43-30-28-26-24-22-20-18-16-14-12-10-8-6-4-2/h5-8,11-14,17-20,23-26,29-31,33-34,36-37,39-40,43,73,76H,3-4,9-10,15-16,21-22,27-28,32,35,38,41-42,44-72H2,1-2H3/b7-5-,8-6-,13-11-,14-12-,19-17-,20-18-,25-23-,26-24-,31-29-,34-33-,37-36-,40-39-,43-30-. The molecule has 5 nitrogen and oxygen atoms in total. The fraction of sp³-hybridized carbons (Fsp3) is 0.627. The van der Waals surface area contributed by atoms with Gasteiger partial charge in [0.25, 0.3) is 0 Å². The first-order valence-corrected chi connectivity index (χ1v) is 33.0. The zero-order chi connectivity index (χ0) is 57.6. The summed E-state index contributed by atoms with van der Waals surface area (Å²) in [6, 6.07) is 0. The second-order valence-corrected chi connectivity index (χ2v) is 21.4. The van der Waals surface area contributed by atoms with Crippen molar-refractivity contribution in [3.8, 4) is 0 Å². The third-order valence-corrected chi connectivity index (χ3v) is 13.8. The van der Waals surface area contributed by atoms with Crippen LogP contribution in [0.3, 0.4) is 0 Å². The predicted octanol–water partition coefficient (Wildman–Crippen LogP) is 23.1. The molecule has 0 aliphatic rings. The second kappa shape index (κ2) is 68.8. The summed E-state index contributed by atoms with van der Waals surface area (Å²) >= 11 is 0. The molecule has 0 radical (unpaired) electrons. The van der Waals surface area contributed by atoms with E-state index in [0.29, 0.717) is 12.8 Å². The Balaban J connectivity index is 3.53. The Bertz CT molecular complexity index is 1730. The van der Waals surface area contributed by atoms with Crippen molar-refractivity contribution in [2.45, 2.75) is 290 Å². The van der Waals surface area contributed by atoms with Crippen molar-refractivity contribution in [1.82, 2.24) is 0 Å². The molecule has 0 fully saturated rings. The number of allylic oxidation sites excluding steroid dienone is 26. The van der Waals surface area contributed by atoms with E-state index in [2.05, 4.69) is 172 Å². The summed E-state index contributed by atoms with van der Waals surface area (Å²) in [7, 11) is 0. The number of aliphatic hydroxyl groups excluding tert-OH is 1. The fourth-order valence-corrected chi connectivity index (χ4v) is 8.95. The quantitative estimate of drug-likeness (QED) is 0.0373. The van der Waals surface area contributed by atoms with Gasteiger partial charge < -0.3 is 14.6 Å². The van der Waals surface area contributed by atoms with Gasteiger partial charge in [-0.3, -0.25) is 9.59 Å².